The Morgan fingerprint density at radius 3 is 2.85 bits per heavy atom. The third-order valence-corrected chi connectivity index (χ3v) is 1.75. The van der Waals surface area contributed by atoms with Gasteiger partial charge in [0.1, 0.15) is 0 Å². The summed E-state index contributed by atoms with van der Waals surface area (Å²) >= 11 is 3.20. The molecule has 0 radical (unpaired) electrons. The fraction of sp³-hybridized carbons (Fsp3) is 0. The van der Waals surface area contributed by atoms with Gasteiger partial charge in [0, 0.05) is 34.2 Å². The van der Waals surface area contributed by atoms with Crippen LogP contribution in [0.3, 0.4) is 0 Å². The van der Waals surface area contributed by atoms with Gasteiger partial charge in [-0.05, 0) is 22.0 Å². The van der Waals surface area contributed by atoms with Crippen LogP contribution in [0.5, 0.6) is 0 Å². The standard InChI is InChI=1S/C8H7BrN2O2/c9-6-1-5(3-11-4-6)7(10)2-8(12)13/h1-4H,10H2,(H,12,13)/b7-2+. The van der Waals surface area contributed by atoms with Gasteiger partial charge in [0.2, 0.25) is 0 Å². The maximum atomic E-state index is 10.3. The van der Waals surface area contributed by atoms with Gasteiger partial charge >= 0.3 is 5.97 Å². The Balaban J connectivity index is 3.02. The van der Waals surface area contributed by atoms with Crippen LogP contribution < -0.4 is 5.73 Å². The fourth-order valence-corrected chi connectivity index (χ4v) is 1.15. The number of hydrogen-bond acceptors (Lipinski definition) is 3. The largest absolute Gasteiger partial charge is 0.478 e. The lowest BCUT2D eigenvalue weighted by Crippen LogP contribution is -2.01. The molecular weight excluding hydrogens is 236 g/mol. The number of carbonyl (C=O) groups is 1. The number of nitrogens with two attached hydrogens (primary N) is 1. The van der Waals surface area contributed by atoms with E-state index in [1.165, 1.54) is 6.20 Å². The van der Waals surface area contributed by atoms with Gasteiger partial charge in [-0.3, -0.25) is 4.98 Å². The quantitative estimate of drug-likeness (QED) is 0.766. The first kappa shape index (κ1) is 9.73. The number of pyridine rings is 1. The number of halogens is 1. The molecule has 3 N–H and O–H groups in total. The van der Waals surface area contributed by atoms with E-state index in [1.54, 1.807) is 12.3 Å². The summed E-state index contributed by atoms with van der Waals surface area (Å²) in [7, 11) is 0. The molecule has 0 bridgehead atoms. The van der Waals surface area contributed by atoms with E-state index in [4.69, 9.17) is 10.8 Å². The fourth-order valence-electron chi connectivity index (χ4n) is 0.786. The molecule has 4 nitrogen and oxygen atoms in total. The first-order valence-corrected chi connectivity index (χ1v) is 4.20. The van der Waals surface area contributed by atoms with Gasteiger partial charge in [-0.25, -0.2) is 4.79 Å². The predicted molar refractivity (Wildman–Crippen MR) is 51.7 cm³/mol. The van der Waals surface area contributed by atoms with E-state index >= 15 is 0 Å². The highest BCUT2D eigenvalue weighted by molar-refractivity contribution is 9.10. The Labute approximate surface area is 83.2 Å². The van der Waals surface area contributed by atoms with Crippen molar-refractivity contribution in [2.24, 2.45) is 5.73 Å². The third-order valence-electron chi connectivity index (χ3n) is 1.32. The molecule has 13 heavy (non-hydrogen) atoms. The molecule has 0 saturated heterocycles. The number of hydrogen-bond donors (Lipinski definition) is 2. The second-order valence-electron chi connectivity index (χ2n) is 2.33. The van der Waals surface area contributed by atoms with E-state index in [0.717, 1.165) is 10.5 Å². The molecule has 1 heterocycles. The van der Waals surface area contributed by atoms with Crippen LogP contribution in [0.25, 0.3) is 5.70 Å². The highest BCUT2D eigenvalue weighted by Gasteiger charge is 2.00. The van der Waals surface area contributed by atoms with Crippen molar-refractivity contribution in [2.45, 2.75) is 0 Å². The van der Waals surface area contributed by atoms with Crippen molar-refractivity contribution < 1.29 is 9.90 Å². The average molecular weight is 243 g/mol. The van der Waals surface area contributed by atoms with Crippen molar-refractivity contribution in [1.82, 2.24) is 4.98 Å². The Bertz CT molecular complexity index is 363. The molecule has 0 aliphatic carbocycles. The topological polar surface area (TPSA) is 76.2 Å². The van der Waals surface area contributed by atoms with Gasteiger partial charge in [0.15, 0.2) is 0 Å². The Hall–Kier alpha value is -1.36. The summed E-state index contributed by atoms with van der Waals surface area (Å²) in [6.45, 7) is 0. The summed E-state index contributed by atoms with van der Waals surface area (Å²) in [4.78, 5) is 14.1. The first-order valence-electron chi connectivity index (χ1n) is 3.40. The molecule has 0 fully saturated rings. The van der Waals surface area contributed by atoms with Crippen molar-refractivity contribution in [3.8, 4) is 0 Å². The molecule has 0 aliphatic rings. The van der Waals surface area contributed by atoms with Gasteiger partial charge in [-0.15, -0.1) is 0 Å². The summed E-state index contributed by atoms with van der Waals surface area (Å²) in [6.07, 6.45) is 4.03. The number of carboxylic acid groups (broad SMARTS) is 1. The highest BCUT2D eigenvalue weighted by Crippen LogP contribution is 2.13. The third kappa shape index (κ3) is 2.87. The second kappa shape index (κ2) is 4.04. The summed E-state index contributed by atoms with van der Waals surface area (Å²) in [5.41, 5.74) is 6.25. The summed E-state index contributed by atoms with van der Waals surface area (Å²) in [6, 6.07) is 1.70. The van der Waals surface area contributed by atoms with Crippen LogP contribution in [-0.4, -0.2) is 16.1 Å². The Kier molecular flexibility index (Phi) is 3.02. The van der Waals surface area contributed by atoms with Crippen molar-refractivity contribution >= 4 is 27.6 Å². The molecular formula is C8H7BrN2O2. The van der Waals surface area contributed by atoms with Gasteiger partial charge in [0.25, 0.3) is 0 Å². The van der Waals surface area contributed by atoms with E-state index < -0.39 is 5.97 Å². The minimum Gasteiger partial charge on any atom is -0.478 e. The van der Waals surface area contributed by atoms with Gasteiger partial charge in [-0.1, -0.05) is 0 Å². The van der Waals surface area contributed by atoms with E-state index in [1.807, 2.05) is 0 Å². The first-order chi connectivity index (χ1) is 6.09. The molecule has 0 amide bonds. The van der Waals surface area contributed by atoms with Crippen molar-refractivity contribution in [3.05, 3.63) is 34.6 Å². The summed E-state index contributed by atoms with van der Waals surface area (Å²) < 4.78 is 0.756. The molecule has 0 spiro atoms. The SMILES string of the molecule is N/C(=C/C(=O)O)c1cncc(Br)c1. The van der Waals surface area contributed by atoms with E-state index in [0.29, 0.717) is 5.56 Å². The molecule has 1 rings (SSSR count). The molecule has 5 heteroatoms. The van der Waals surface area contributed by atoms with Crippen molar-refractivity contribution in [3.63, 3.8) is 0 Å². The van der Waals surface area contributed by atoms with Gasteiger partial charge in [-0.2, -0.15) is 0 Å². The average Bonchev–Trinajstić information content (AvgIpc) is 2.03. The molecule has 0 unspecified atom stereocenters. The zero-order valence-electron chi connectivity index (χ0n) is 6.57. The summed E-state index contributed by atoms with van der Waals surface area (Å²) in [5.74, 6) is -1.07. The highest BCUT2D eigenvalue weighted by atomic mass is 79.9. The Morgan fingerprint density at radius 2 is 2.31 bits per heavy atom. The minimum atomic E-state index is -1.07. The van der Waals surface area contributed by atoms with E-state index in [9.17, 15) is 4.79 Å². The van der Waals surface area contributed by atoms with Crippen LogP contribution in [0.15, 0.2) is 29.0 Å². The zero-order chi connectivity index (χ0) is 9.84. The smallest absolute Gasteiger partial charge is 0.330 e. The minimum absolute atomic E-state index is 0.182. The van der Waals surface area contributed by atoms with Crippen LogP contribution in [0.4, 0.5) is 0 Å². The Morgan fingerprint density at radius 1 is 1.62 bits per heavy atom. The lowest BCUT2D eigenvalue weighted by atomic mass is 10.2. The molecule has 0 atom stereocenters. The summed E-state index contributed by atoms with van der Waals surface area (Å²) in [5, 5.41) is 8.43. The monoisotopic (exact) mass is 242 g/mol. The lowest BCUT2D eigenvalue weighted by molar-refractivity contribution is -0.131. The molecule has 68 valence electrons. The van der Waals surface area contributed by atoms with E-state index in [-0.39, 0.29) is 5.70 Å². The molecule has 1 aromatic heterocycles. The van der Waals surface area contributed by atoms with Crippen molar-refractivity contribution in [2.75, 3.05) is 0 Å². The lowest BCUT2D eigenvalue weighted by Gasteiger charge is -1.99. The van der Waals surface area contributed by atoms with Gasteiger partial charge < -0.3 is 10.8 Å². The van der Waals surface area contributed by atoms with Crippen LogP contribution >= 0.6 is 15.9 Å². The molecule has 0 aliphatic heterocycles. The van der Waals surface area contributed by atoms with Crippen LogP contribution in [0, 0.1) is 0 Å². The maximum Gasteiger partial charge on any atom is 0.330 e. The number of aliphatic carboxylic acids is 1. The second-order valence-corrected chi connectivity index (χ2v) is 3.25. The zero-order valence-corrected chi connectivity index (χ0v) is 8.15. The molecule has 0 saturated carbocycles. The number of aromatic nitrogens is 1. The number of carboxylic acids is 1. The number of rotatable bonds is 2. The van der Waals surface area contributed by atoms with Crippen molar-refractivity contribution in [1.29, 1.82) is 0 Å². The van der Waals surface area contributed by atoms with Gasteiger partial charge in [0.05, 0.1) is 0 Å². The maximum absolute atomic E-state index is 10.3. The number of nitrogens with zero attached hydrogens (tertiary/aromatic N) is 1. The predicted octanol–water partition coefficient (Wildman–Crippen LogP) is 1.23. The molecule has 0 aromatic carbocycles. The normalized spacial score (nSPS) is 11.3. The van der Waals surface area contributed by atoms with Crippen LogP contribution in [0.2, 0.25) is 0 Å². The molecule has 1 aromatic rings. The van der Waals surface area contributed by atoms with Crippen LogP contribution in [0.1, 0.15) is 5.56 Å². The van der Waals surface area contributed by atoms with E-state index in [2.05, 4.69) is 20.9 Å². The van der Waals surface area contributed by atoms with Crippen LogP contribution in [-0.2, 0) is 4.79 Å².